The SMILES string of the molecule is N#Cc1ncc(N2CCCCC2)nc1Nc1ccc(N2CCN([C]=O)CC2)cc1. The molecule has 29 heavy (non-hydrogen) atoms. The van der Waals surface area contributed by atoms with Gasteiger partial charge in [-0.2, -0.15) is 5.26 Å². The van der Waals surface area contributed by atoms with E-state index in [-0.39, 0.29) is 5.69 Å². The van der Waals surface area contributed by atoms with E-state index in [0.717, 1.165) is 56.2 Å². The van der Waals surface area contributed by atoms with Crippen molar-refractivity contribution < 1.29 is 4.79 Å². The van der Waals surface area contributed by atoms with Gasteiger partial charge in [-0.05, 0) is 43.5 Å². The summed E-state index contributed by atoms with van der Waals surface area (Å²) in [6.45, 7) is 4.92. The van der Waals surface area contributed by atoms with Crippen molar-refractivity contribution in [3.8, 4) is 6.07 Å². The third-order valence-corrected chi connectivity index (χ3v) is 5.45. The Balaban J connectivity index is 1.47. The van der Waals surface area contributed by atoms with Crippen molar-refractivity contribution in [1.29, 1.82) is 5.26 Å². The molecule has 4 rings (SSSR count). The van der Waals surface area contributed by atoms with E-state index in [1.165, 1.54) is 6.42 Å². The summed E-state index contributed by atoms with van der Waals surface area (Å²) in [5.74, 6) is 1.30. The molecule has 1 aromatic heterocycles. The third kappa shape index (κ3) is 4.40. The van der Waals surface area contributed by atoms with E-state index in [1.807, 2.05) is 30.7 Å². The Morgan fingerprint density at radius 1 is 0.931 bits per heavy atom. The van der Waals surface area contributed by atoms with Gasteiger partial charge in [-0.3, -0.25) is 4.79 Å². The maximum absolute atomic E-state index is 10.7. The number of piperazine rings is 1. The van der Waals surface area contributed by atoms with Gasteiger partial charge in [0, 0.05) is 50.6 Å². The minimum Gasteiger partial charge on any atom is -0.368 e. The number of nitrogens with one attached hydrogen (secondary N) is 1. The first kappa shape index (κ1) is 19.0. The molecule has 2 aliphatic rings. The van der Waals surface area contributed by atoms with E-state index < -0.39 is 0 Å². The lowest BCUT2D eigenvalue weighted by Gasteiger charge is -2.33. The molecule has 1 aromatic carbocycles. The molecule has 3 heterocycles. The van der Waals surface area contributed by atoms with Gasteiger partial charge >= 0.3 is 6.41 Å². The second-order valence-electron chi connectivity index (χ2n) is 7.32. The highest BCUT2D eigenvalue weighted by Gasteiger charge is 2.17. The molecular formula is C21H24N7O. The van der Waals surface area contributed by atoms with Crippen LogP contribution in [0.4, 0.5) is 23.0 Å². The molecule has 8 heteroatoms. The molecule has 0 atom stereocenters. The second-order valence-corrected chi connectivity index (χ2v) is 7.32. The van der Waals surface area contributed by atoms with Crippen LogP contribution in [-0.2, 0) is 4.79 Å². The third-order valence-electron chi connectivity index (χ3n) is 5.45. The Morgan fingerprint density at radius 3 is 2.31 bits per heavy atom. The number of benzene rings is 1. The highest BCUT2D eigenvalue weighted by Crippen LogP contribution is 2.25. The number of piperidine rings is 1. The average Bonchev–Trinajstić information content (AvgIpc) is 2.80. The van der Waals surface area contributed by atoms with Crippen LogP contribution >= 0.6 is 0 Å². The Labute approximate surface area is 170 Å². The standard InChI is InChI=1S/C21H24N7O/c22-14-19-21(25-20(15-23-19)28-8-2-1-3-9-28)24-17-4-6-18(7-5-17)27-12-10-26(16-29)11-13-27/h4-7,15H,1-3,8-13H2,(H,24,25). The van der Waals surface area contributed by atoms with Crippen LogP contribution in [0.5, 0.6) is 0 Å². The molecule has 2 aliphatic heterocycles. The number of nitrogens with zero attached hydrogens (tertiary/aromatic N) is 6. The van der Waals surface area contributed by atoms with Gasteiger partial charge in [-0.15, -0.1) is 0 Å². The van der Waals surface area contributed by atoms with Crippen LogP contribution in [0, 0.1) is 11.3 Å². The van der Waals surface area contributed by atoms with Crippen molar-refractivity contribution in [3.05, 3.63) is 36.2 Å². The van der Waals surface area contributed by atoms with E-state index in [1.54, 1.807) is 11.1 Å². The van der Waals surface area contributed by atoms with Crippen LogP contribution in [0.25, 0.3) is 0 Å². The van der Waals surface area contributed by atoms with Crippen LogP contribution in [0.2, 0.25) is 0 Å². The number of hydrogen-bond acceptors (Lipinski definition) is 7. The number of nitriles is 1. The van der Waals surface area contributed by atoms with E-state index >= 15 is 0 Å². The first-order chi connectivity index (χ1) is 14.3. The molecule has 1 radical (unpaired) electrons. The highest BCUT2D eigenvalue weighted by molar-refractivity contribution is 5.65. The molecule has 8 nitrogen and oxygen atoms in total. The van der Waals surface area contributed by atoms with Gasteiger partial charge in [0.2, 0.25) is 0 Å². The maximum Gasteiger partial charge on any atom is 0.312 e. The fraction of sp³-hybridized carbons (Fsp3) is 0.429. The molecule has 0 spiro atoms. The molecule has 1 amide bonds. The summed E-state index contributed by atoms with van der Waals surface area (Å²) in [5.41, 5.74) is 2.25. The molecule has 2 fully saturated rings. The van der Waals surface area contributed by atoms with Crippen LogP contribution < -0.4 is 15.1 Å². The molecule has 149 valence electrons. The van der Waals surface area contributed by atoms with Crippen molar-refractivity contribution >= 4 is 29.4 Å². The van der Waals surface area contributed by atoms with Crippen molar-refractivity contribution in [3.63, 3.8) is 0 Å². The monoisotopic (exact) mass is 390 g/mol. The van der Waals surface area contributed by atoms with Gasteiger partial charge < -0.3 is 20.0 Å². The lowest BCUT2D eigenvalue weighted by atomic mass is 10.1. The minimum atomic E-state index is 0.288. The Bertz CT molecular complexity index is 879. The zero-order chi connectivity index (χ0) is 20.1. The van der Waals surface area contributed by atoms with E-state index in [9.17, 15) is 10.1 Å². The summed E-state index contributed by atoms with van der Waals surface area (Å²) in [7, 11) is 0. The van der Waals surface area contributed by atoms with E-state index in [2.05, 4.69) is 31.2 Å². The summed E-state index contributed by atoms with van der Waals surface area (Å²) in [4.78, 5) is 25.8. The van der Waals surface area contributed by atoms with E-state index in [4.69, 9.17) is 0 Å². The Morgan fingerprint density at radius 2 is 1.66 bits per heavy atom. The number of anilines is 4. The molecule has 0 aliphatic carbocycles. The molecule has 0 saturated carbocycles. The lowest BCUT2D eigenvalue weighted by Crippen LogP contribution is -2.45. The summed E-state index contributed by atoms with van der Waals surface area (Å²) in [6.07, 6.45) is 7.21. The normalized spacial score (nSPS) is 17.0. The van der Waals surface area contributed by atoms with Crippen LogP contribution in [-0.4, -0.2) is 60.5 Å². The molecule has 0 unspecified atom stereocenters. The lowest BCUT2D eigenvalue weighted by molar-refractivity contribution is 0.357. The van der Waals surface area contributed by atoms with Gasteiger partial charge in [0.25, 0.3) is 0 Å². The summed E-state index contributed by atoms with van der Waals surface area (Å²) >= 11 is 0. The van der Waals surface area contributed by atoms with Crippen LogP contribution in [0.15, 0.2) is 30.5 Å². The largest absolute Gasteiger partial charge is 0.368 e. The number of carbonyl (C=O) groups excluding carboxylic acids is 1. The van der Waals surface area contributed by atoms with Crippen LogP contribution in [0.3, 0.4) is 0 Å². The summed E-state index contributed by atoms with van der Waals surface area (Å²) < 4.78 is 0. The summed E-state index contributed by atoms with van der Waals surface area (Å²) in [6, 6.07) is 10.1. The molecule has 2 saturated heterocycles. The van der Waals surface area contributed by atoms with Crippen molar-refractivity contribution in [2.24, 2.45) is 0 Å². The van der Waals surface area contributed by atoms with Gasteiger partial charge in [0.15, 0.2) is 11.5 Å². The van der Waals surface area contributed by atoms with Gasteiger partial charge in [0.05, 0.1) is 6.20 Å². The number of amides is 1. The zero-order valence-electron chi connectivity index (χ0n) is 16.3. The van der Waals surface area contributed by atoms with Gasteiger partial charge in [0.1, 0.15) is 11.9 Å². The van der Waals surface area contributed by atoms with Crippen molar-refractivity contribution in [2.45, 2.75) is 19.3 Å². The molecule has 2 aromatic rings. The first-order valence-electron chi connectivity index (χ1n) is 10.0. The predicted octanol–water partition coefficient (Wildman–Crippen LogP) is 2.27. The number of rotatable bonds is 5. The minimum absolute atomic E-state index is 0.288. The fourth-order valence-corrected chi connectivity index (χ4v) is 3.77. The first-order valence-corrected chi connectivity index (χ1v) is 10.0. The van der Waals surface area contributed by atoms with Crippen molar-refractivity contribution in [1.82, 2.24) is 14.9 Å². The molecular weight excluding hydrogens is 366 g/mol. The zero-order valence-corrected chi connectivity index (χ0v) is 16.3. The molecule has 0 bridgehead atoms. The summed E-state index contributed by atoms with van der Waals surface area (Å²) in [5, 5.41) is 12.7. The van der Waals surface area contributed by atoms with Crippen molar-refractivity contribution in [2.75, 3.05) is 54.4 Å². The average molecular weight is 390 g/mol. The smallest absolute Gasteiger partial charge is 0.312 e. The second kappa shape index (κ2) is 8.78. The van der Waals surface area contributed by atoms with Gasteiger partial charge in [-0.1, -0.05) is 0 Å². The van der Waals surface area contributed by atoms with Gasteiger partial charge in [-0.25, -0.2) is 9.97 Å². The Hall–Kier alpha value is -3.34. The number of hydrogen-bond donors (Lipinski definition) is 1. The maximum atomic E-state index is 10.7. The predicted molar refractivity (Wildman–Crippen MR) is 112 cm³/mol. The van der Waals surface area contributed by atoms with Crippen LogP contribution in [0.1, 0.15) is 25.0 Å². The topological polar surface area (TPSA) is 88.4 Å². The molecule has 1 N–H and O–H groups in total. The quantitative estimate of drug-likeness (QED) is 0.838. The Kier molecular flexibility index (Phi) is 5.75. The van der Waals surface area contributed by atoms with E-state index in [0.29, 0.717) is 18.9 Å². The number of aromatic nitrogens is 2. The fourth-order valence-electron chi connectivity index (χ4n) is 3.77. The highest BCUT2D eigenvalue weighted by atomic mass is 16.1.